The highest BCUT2D eigenvalue weighted by Gasteiger charge is 2.36. The van der Waals surface area contributed by atoms with Crippen LogP contribution in [0, 0.1) is 5.92 Å². The minimum atomic E-state index is -0.443. The van der Waals surface area contributed by atoms with Crippen LogP contribution in [0.5, 0.6) is 0 Å². The first-order chi connectivity index (χ1) is 11.4. The average molecular weight is 345 g/mol. The van der Waals surface area contributed by atoms with Gasteiger partial charge in [-0.3, -0.25) is 0 Å². The molecule has 1 atom stereocenters. The molecule has 0 saturated carbocycles. The molecule has 0 saturated heterocycles. The maximum Gasteiger partial charge on any atom is 0.170 e. The molecule has 0 aliphatic rings. The molecule has 3 heteroatoms. The lowest BCUT2D eigenvalue weighted by atomic mass is 9.87. The van der Waals surface area contributed by atoms with Crippen LogP contribution < -0.4 is 0 Å². The van der Waals surface area contributed by atoms with Crippen LogP contribution >= 0.6 is 0 Å². The van der Waals surface area contributed by atoms with E-state index in [1.54, 1.807) is 21.3 Å². The second-order valence-electron chi connectivity index (χ2n) is 6.82. The molecule has 0 bridgehead atoms. The van der Waals surface area contributed by atoms with Gasteiger partial charge in [0.25, 0.3) is 0 Å². The van der Waals surface area contributed by atoms with Gasteiger partial charge in [-0.25, -0.2) is 0 Å². The zero-order chi connectivity index (χ0) is 18.8. The lowest BCUT2D eigenvalue weighted by Gasteiger charge is -2.38. The number of hydrogen-bond acceptors (Lipinski definition) is 3. The number of methoxy groups -OCH3 is 3. The molecule has 146 valence electrons. The van der Waals surface area contributed by atoms with Crippen molar-refractivity contribution in [2.24, 2.45) is 5.92 Å². The van der Waals surface area contributed by atoms with Gasteiger partial charge in [0, 0.05) is 33.9 Å². The van der Waals surface area contributed by atoms with Gasteiger partial charge in [0.1, 0.15) is 0 Å². The summed E-state index contributed by atoms with van der Waals surface area (Å²) in [7, 11) is 5.27. The van der Waals surface area contributed by atoms with Crippen molar-refractivity contribution >= 4 is 0 Å². The Morgan fingerprint density at radius 2 is 1.38 bits per heavy atom. The Labute approximate surface area is 152 Å². The van der Waals surface area contributed by atoms with Gasteiger partial charge >= 0.3 is 0 Å². The van der Waals surface area contributed by atoms with Gasteiger partial charge in [0.2, 0.25) is 0 Å². The van der Waals surface area contributed by atoms with E-state index >= 15 is 0 Å². The van der Waals surface area contributed by atoms with Crippen LogP contribution in [0.4, 0.5) is 0 Å². The molecule has 3 nitrogen and oxygen atoms in total. The Morgan fingerprint density at radius 1 is 0.875 bits per heavy atom. The van der Waals surface area contributed by atoms with E-state index in [-0.39, 0.29) is 0 Å². The van der Waals surface area contributed by atoms with E-state index in [1.165, 1.54) is 44.1 Å². The quantitative estimate of drug-likeness (QED) is 0.208. The molecule has 0 N–H and O–H groups in total. The minimum absolute atomic E-state index is 0.411. The molecule has 0 aromatic heterocycles. The summed E-state index contributed by atoms with van der Waals surface area (Å²) in [6.45, 7) is 12.7. The third-order valence-electron chi connectivity index (χ3n) is 4.38. The molecule has 0 radical (unpaired) electrons. The molecular formula is C21H44O3. The van der Waals surface area contributed by atoms with Crippen LogP contribution in [-0.4, -0.2) is 33.7 Å². The summed E-state index contributed by atoms with van der Waals surface area (Å²) in [5.41, 5.74) is 1.17. The van der Waals surface area contributed by atoms with Crippen LogP contribution in [-0.2, 0) is 14.2 Å². The van der Waals surface area contributed by atoms with Crippen molar-refractivity contribution in [3.05, 3.63) is 12.2 Å². The van der Waals surface area contributed by atoms with Crippen LogP contribution in [0.1, 0.15) is 85.5 Å². The molecule has 0 aromatic carbocycles. The van der Waals surface area contributed by atoms with Crippen molar-refractivity contribution in [2.75, 3.05) is 27.9 Å². The number of allylic oxidation sites excluding steroid dienone is 1. The van der Waals surface area contributed by atoms with E-state index < -0.39 is 5.79 Å². The summed E-state index contributed by atoms with van der Waals surface area (Å²) in [4.78, 5) is 0. The van der Waals surface area contributed by atoms with Crippen LogP contribution in [0.15, 0.2) is 12.2 Å². The van der Waals surface area contributed by atoms with Crippen LogP contribution in [0.2, 0.25) is 0 Å². The van der Waals surface area contributed by atoms with Crippen LogP contribution in [0.3, 0.4) is 0 Å². The number of ether oxygens (including phenoxy) is 3. The van der Waals surface area contributed by atoms with Crippen molar-refractivity contribution in [3.8, 4) is 0 Å². The van der Waals surface area contributed by atoms with Gasteiger partial charge < -0.3 is 14.2 Å². The van der Waals surface area contributed by atoms with Gasteiger partial charge in [0.05, 0.1) is 0 Å². The molecule has 0 spiro atoms. The zero-order valence-electron chi connectivity index (χ0n) is 17.6. The molecule has 0 aromatic rings. The molecule has 0 heterocycles. The van der Waals surface area contributed by atoms with Crippen molar-refractivity contribution in [1.29, 1.82) is 0 Å². The third-order valence-corrected chi connectivity index (χ3v) is 4.38. The van der Waals surface area contributed by atoms with Crippen molar-refractivity contribution in [1.82, 2.24) is 0 Å². The highest BCUT2D eigenvalue weighted by molar-refractivity contribution is 4.79. The van der Waals surface area contributed by atoms with Gasteiger partial charge in [-0.1, -0.05) is 57.9 Å². The lowest BCUT2D eigenvalue weighted by Crippen LogP contribution is -2.42. The highest BCUT2D eigenvalue weighted by Crippen LogP contribution is 2.33. The molecule has 0 aliphatic heterocycles. The first kappa shape index (κ1) is 25.9. The summed E-state index contributed by atoms with van der Waals surface area (Å²) >= 11 is 0. The first-order valence-electron chi connectivity index (χ1n) is 9.65. The summed E-state index contributed by atoms with van der Waals surface area (Å²) in [6, 6.07) is 0. The molecule has 0 fully saturated rings. The van der Waals surface area contributed by atoms with Gasteiger partial charge in [-0.05, 0) is 33.1 Å². The monoisotopic (exact) mass is 344 g/mol. The average Bonchev–Trinajstić information content (AvgIpc) is 2.56. The van der Waals surface area contributed by atoms with E-state index in [0.717, 1.165) is 25.9 Å². The Morgan fingerprint density at radius 3 is 1.79 bits per heavy atom. The van der Waals surface area contributed by atoms with E-state index in [2.05, 4.69) is 20.4 Å². The van der Waals surface area contributed by atoms with Gasteiger partial charge in [-0.15, -0.1) is 6.58 Å². The predicted molar refractivity (Wildman–Crippen MR) is 106 cm³/mol. The summed E-state index contributed by atoms with van der Waals surface area (Å²) < 4.78 is 16.7. The topological polar surface area (TPSA) is 27.7 Å². The second kappa shape index (κ2) is 17.4. The summed E-state index contributed by atoms with van der Waals surface area (Å²) in [6.07, 6.45) is 11.0. The minimum Gasteiger partial charge on any atom is -0.385 e. The SMILES string of the molecule is C=C(C)C.CCCCCCCCC(CCOC)C(CC)(OC)OC. The Bertz CT molecular complexity index is 260. The van der Waals surface area contributed by atoms with E-state index in [4.69, 9.17) is 14.2 Å². The van der Waals surface area contributed by atoms with E-state index in [1.807, 2.05) is 13.8 Å². The largest absolute Gasteiger partial charge is 0.385 e. The summed E-state index contributed by atoms with van der Waals surface area (Å²) in [5, 5.41) is 0. The Hall–Kier alpha value is -0.380. The molecule has 24 heavy (non-hydrogen) atoms. The standard InChI is InChI=1S/C17H36O3.C4H8/c1-6-8-9-10-11-12-13-16(14-15-18-3)17(7-2,19-4)20-5;1-4(2)3/h16H,6-15H2,1-5H3;1H2,2-3H3. The highest BCUT2D eigenvalue weighted by atomic mass is 16.7. The molecular weight excluding hydrogens is 300 g/mol. The number of rotatable bonds is 14. The molecule has 0 rings (SSSR count). The maximum atomic E-state index is 5.71. The third kappa shape index (κ3) is 13.0. The number of hydrogen-bond donors (Lipinski definition) is 0. The maximum absolute atomic E-state index is 5.71. The number of unbranched alkanes of at least 4 members (excludes halogenated alkanes) is 5. The van der Waals surface area contributed by atoms with Gasteiger partial charge in [-0.2, -0.15) is 0 Å². The smallest absolute Gasteiger partial charge is 0.170 e. The van der Waals surface area contributed by atoms with Crippen molar-refractivity contribution in [3.63, 3.8) is 0 Å². The second-order valence-corrected chi connectivity index (χ2v) is 6.82. The predicted octanol–water partition coefficient (Wildman–Crippen LogP) is 6.37. The Kier molecular flexibility index (Phi) is 18.8. The molecule has 1 unspecified atom stereocenters. The van der Waals surface area contributed by atoms with Gasteiger partial charge in [0.15, 0.2) is 5.79 Å². The summed E-state index contributed by atoms with van der Waals surface area (Å²) in [5.74, 6) is -0.0317. The Balaban J connectivity index is 0. The van der Waals surface area contributed by atoms with Crippen molar-refractivity contribution < 1.29 is 14.2 Å². The first-order valence-corrected chi connectivity index (χ1v) is 9.65. The fraction of sp³-hybridized carbons (Fsp3) is 0.905. The molecule has 0 amide bonds. The van der Waals surface area contributed by atoms with Crippen LogP contribution in [0.25, 0.3) is 0 Å². The molecule has 0 aliphatic carbocycles. The lowest BCUT2D eigenvalue weighted by molar-refractivity contribution is -0.245. The normalized spacial score (nSPS) is 12.5. The van der Waals surface area contributed by atoms with E-state index in [9.17, 15) is 0 Å². The van der Waals surface area contributed by atoms with E-state index in [0.29, 0.717) is 5.92 Å². The zero-order valence-corrected chi connectivity index (χ0v) is 17.6. The fourth-order valence-corrected chi connectivity index (χ4v) is 3.01. The van der Waals surface area contributed by atoms with Crippen molar-refractivity contribution in [2.45, 2.75) is 91.3 Å². The fourth-order valence-electron chi connectivity index (χ4n) is 3.01.